The molecule has 0 radical (unpaired) electrons. The maximum Gasteiger partial charge on any atom is 0.190 e. The number of fused-ring (bicyclic) bond motifs is 1. The summed E-state index contributed by atoms with van der Waals surface area (Å²) in [5, 5.41) is 0. The van der Waals surface area contributed by atoms with E-state index in [0.717, 1.165) is 11.1 Å². The van der Waals surface area contributed by atoms with Crippen molar-refractivity contribution in [1.82, 2.24) is 0 Å². The minimum Gasteiger partial charge on any atom is -0.496 e. The highest BCUT2D eigenvalue weighted by Gasteiger charge is 2.30. The summed E-state index contributed by atoms with van der Waals surface area (Å²) in [6.07, 6.45) is 1.42. The van der Waals surface area contributed by atoms with E-state index >= 15 is 0 Å². The second-order valence-electron chi connectivity index (χ2n) is 5.23. The van der Waals surface area contributed by atoms with Crippen LogP contribution in [0.3, 0.4) is 0 Å². The summed E-state index contributed by atoms with van der Waals surface area (Å²) in [4.78, 5) is 24.6. The van der Waals surface area contributed by atoms with Gasteiger partial charge in [0.2, 0.25) is 0 Å². The maximum absolute atomic E-state index is 12.4. The lowest BCUT2D eigenvalue weighted by Gasteiger charge is -2.23. The van der Waals surface area contributed by atoms with E-state index in [1.54, 1.807) is 14.0 Å². The first-order chi connectivity index (χ1) is 8.88. The van der Waals surface area contributed by atoms with Gasteiger partial charge in [-0.2, -0.15) is 0 Å². The number of carbonyl (C=O) groups is 2. The zero-order chi connectivity index (χ0) is 14.3. The molecule has 0 amide bonds. The van der Waals surface area contributed by atoms with E-state index in [0.29, 0.717) is 22.4 Å². The highest BCUT2D eigenvalue weighted by molar-refractivity contribution is 6.25. The van der Waals surface area contributed by atoms with Crippen LogP contribution in [-0.2, 0) is 0 Å². The van der Waals surface area contributed by atoms with Gasteiger partial charge in [0.1, 0.15) is 5.75 Å². The van der Waals surface area contributed by atoms with E-state index in [1.165, 1.54) is 6.08 Å². The van der Waals surface area contributed by atoms with Crippen LogP contribution in [0.25, 0.3) is 0 Å². The number of rotatable bonds is 2. The Labute approximate surface area is 113 Å². The Balaban J connectivity index is 2.88. The maximum atomic E-state index is 12.4. The van der Waals surface area contributed by atoms with E-state index in [1.807, 2.05) is 26.8 Å². The molecule has 0 atom stereocenters. The number of ether oxygens (including phenoxy) is 1. The summed E-state index contributed by atoms with van der Waals surface area (Å²) in [6, 6.07) is 1.84. The van der Waals surface area contributed by atoms with Gasteiger partial charge in [0.25, 0.3) is 0 Å². The summed E-state index contributed by atoms with van der Waals surface area (Å²) in [6.45, 7) is 7.52. The quantitative estimate of drug-likeness (QED) is 0.816. The number of allylic oxidation sites excluding steroid dienone is 2. The molecule has 1 aliphatic rings. The van der Waals surface area contributed by atoms with Crippen LogP contribution in [-0.4, -0.2) is 18.7 Å². The van der Waals surface area contributed by atoms with Gasteiger partial charge in [0.15, 0.2) is 11.6 Å². The molecule has 0 aliphatic heterocycles. The Bertz CT molecular complexity index is 607. The molecule has 0 heterocycles. The molecule has 100 valence electrons. The van der Waals surface area contributed by atoms with Crippen LogP contribution in [0.1, 0.15) is 58.5 Å². The molecule has 0 unspecified atom stereocenters. The van der Waals surface area contributed by atoms with Gasteiger partial charge >= 0.3 is 0 Å². The molecule has 0 bridgehead atoms. The second kappa shape index (κ2) is 4.65. The first-order valence-corrected chi connectivity index (χ1v) is 6.37. The van der Waals surface area contributed by atoms with Crippen molar-refractivity contribution >= 4 is 11.6 Å². The van der Waals surface area contributed by atoms with Gasteiger partial charge in [-0.1, -0.05) is 13.8 Å². The standard InChI is InChI=1S/C16H18O3/c1-8(2)13-12(19-5)7-9(3)14-11(17)6-10(4)16(18)15(13)14/h6-8H,1-5H3. The largest absolute Gasteiger partial charge is 0.496 e. The normalized spacial score (nSPS) is 14.5. The number of ketones is 2. The lowest BCUT2D eigenvalue weighted by atomic mass is 9.81. The van der Waals surface area contributed by atoms with E-state index in [2.05, 4.69) is 0 Å². The van der Waals surface area contributed by atoms with E-state index < -0.39 is 0 Å². The van der Waals surface area contributed by atoms with Gasteiger partial charge in [0.05, 0.1) is 7.11 Å². The molecule has 0 fully saturated rings. The van der Waals surface area contributed by atoms with Crippen molar-refractivity contribution in [3.05, 3.63) is 40.0 Å². The number of methoxy groups -OCH3 is 1. The van der Waals surface area contributed by atoms with Crippen LogP contribution in [0.2, 0.25) is 0 Å². The molecule has 1 aromatic rings. The highest BCUT2D eigenvalue weighted by atomic mass is 16.5. The SMILES string of the molecule is COc1cc(C)c2c(c1C(C)C)C(=O)C(C)=CC2=O. The van der Waals surface area contributed by atoms with Gasteiger partial charge in [-0.3, -0.25) is 9.59 Å². The zero-order valence-electron chi connectivity index (χ0n) is 12.0. The van der Waals surface area contributed by atoms with Crippen molar-refractivity contribution in [3.8, 4) is 5.75 Å². The average molecular weight is 258 g/mol. The lowest BCUT2D eigenvalue weighted by Crippen LogP contribution is -2.20. The molecule has 3 nitrogen and oxygen atoms in total. The minimum absolute atomic E-state index is 0.0692. The molecule has 0 N–H and O–H groups in total. The van der Waals surface area contributed by atoms with Crippen molar-refractivity contribution in [2.75, 3.05) is 7.11 Å². The summed E-state index contributed by atoms with van der Waals surface area (Å²) < 4.78 is 5.39. The van der Waals surface area contributed by atoms with Crippen LogP contribution in [0, 0.1) is 6.92 Å². The fourth-order valence-electron chi connectivity index (χ4n) is 2.63. The van der Waals surface area contributed by atoms with Crippen LogP contribution < -0.4 is 4.74 Å². The van der Waals surface area contributed by atoms with Gasteiger partial charge in [-0.15, -0.1) is 0 Å². The number of aryl methyl sites for hydroxylation is 1. The summed E-state index contributed by atoms with van der Waals surface area (Å²) >= 11 is 0. The molecule has 3 heteroatoms. The molecule has 1 aromatic carbocycles. The number of benzene rings is 1. The van der Waals surface area contributed by atoms with Crippen LogP contribution >= 0.6 is 0 Å². The van der Waals surface area contributed by atoms with Crippen molar-refractivity contribution in [2.24, 2.45) is 0 Å². The molecular formula is C16H18O3. The first kappa shape index (κ1) is 13.5. The van der Waals surface area contributed by atoms with E-state index in [-0.39, 0.29) is 17.5 Å². The molecule has 0 saturated heterocycles. The third-order valence-corrected chi connectivity index (χ3v) is 3.50. The molecule has 0 saturated carbocycles. The number of Topliss-reactive ketones (excluding diaryl/α,β-unsaturated/α-hetero) is 1. The Morgan fingerprint density at radius 3 is 2.26 bits per heavy atom. The number of carbonyl (C=O) groups excluding carboxylic acids is 2. The molecule has 0 aromatic heterocycles. The first-order valence-electron chi connectivity index (χ1n) is 6.37. The topological polar surface area (TPSA) is 43.4 Å². The van der Waals surface area contributed by atoms with Crippen molar-refractivity contribution in [1.29, 1.82) is 0 Å². The Morgan fingerprint density at radius 2 is 1.74 bits per heavy atom. The number of hydrogen-bond donors (Lipinski definition) is 0. The van der Waals surface area contributed by atoms with Crippen LogP contribution in [0.4, 0.5) is 0 Å². The fraction of sp³-hybridized carbons (Fsp3) is 0.375. The zero-order valence-corrected chi connectivity index (χ0v) is 12.0. The molecule has 19 heavy (non-hydrogen) atoms. The monoisotopic (exact) mass is 258 g/mol. The Kier molecular flexibility index (Phi) is 3.31. The van der Waals surface area contributed by atoms with Crippen molar-refractivity contribution in [2.45, 2.75) is 33.6 Å². The smallest absolute Gasteiger partial charge is 0.190 e. The molecule has 2 rings (SSSR count). The van der Waals surface area contributed by atoms with Gasteiger partial charge in [-0.05, 0) is 37.5 Å². The summed E-state index contributed by atoms with van der Waals surface area (Å²) in [5.41, 5.74) is 3.16. The van der Waals surface area contributed by atoms with Crippen LogP contribution in [0.15, 0.2) is 17.7 Å². The van der Waals surface area contributed by atoms with Crippen molar-refractivity contribution < 1.29 is 14.3 Å². The Morgan fingerprint density at radius 1 is 1.11 bits per heavy atom. The van der Waals surface area contributed by atoms with Gasteiger partial charge in [-0.25, -0.2) is 0 Å². The lowest BCUT2D eigenvalue weighted by molar-refractivity contribution is 0.0982. The number of hydrogen-bond acceptors (Lipinski definition) is 3. The molecular weight excluding hydrogens is 240 g/mol. The molecule has 0 spiro atoms. The second-order valence-corrected chi connectivity index (χ2v) is 5.23. The van der Waals surface area contributed by atoms with E-state index in [4.69, 9.17) is 4.74 Å². The van der Waals surface area contributed by atoms with Crippen LogP contribution in [0.5, 0.6) is 5.75 Å². The Hall–Kier alpha value is -1.90. The summed E-state index contributed by atoms with van der Waals surface area (Å²) in [5.74, 6) is 0.642. The minimum atomic E-state index is -0.0887. The third-order valence-electron chi connectivity index (χ3n) is 3.50. The predicted molar refractivity (Wildman–Crippen MR) is 74.2 cm³/mol. The summed E-state index contributed by atoms with van der Waals surface area (Å²) in [7, 11) is 1.59. The predicted octanol–water partition coefficient (Wildman–Crippen LogP) is 3.45. The highest BCUT2D eigenvalue weighted by Crippen LogP contribution is 2.37. The average Bonchev–Trinajstić information content (AvgIpc) is 2.34. The van der Waals surface area contributed by atoms with Gasteiger partial charge < -0.3 is 4.74 Å². The van der Waals surface area contributed by atoms with Gasteiger partial charge in [0, 0.05) is 22.3 Å². The third kappa shape index (κ3) is 1.99. The van der Waals surface area contributed by atoms with E-state index in [9.17, 15) is 9.59 Å². The fourth-order valence-corrected chi connectivity index (χ4v) is 2.63. The van der Waals surface area contributed by atoms with Crippen molar-refractivity contribution in [3.63, 3.8) is 0 Å². The molecule has 1 aliphatic carbocycles.